The summed E-state index contributed by atoms with van der Waals surface area (Å²) in [6, 6.07) is 4.70. The molecular weight excluding hydrogens is 277 g/mol. The number of nitrogens with two attached hydrogens (primary N) is 1. The molecule has 2 rings (SSSR count). The molecule has 1 aromatic rings. The third kappa shape index (κ3) is 3.33. The van der Waals surface area contributed by atoms with Crippen molar-refractivity contribution in [2.75, 3.05) is 7.11 Å². The van der Waals surface area contributed by atoms with Gasteiger partial charge in [-0.1, -0.05) is 24.6 Å². The highest BCUT2D eigenvalue weighted by atomic mass is 35.5. The summed E-state index contributed by atoms with van der Waals surface area (Å²) < 4.78 is 19.0. The smallest absolute Gasteiger partial charge is 0.141 e. The fraction of sp³-hybridized carbons (Fsp3) is 0.625. The van der Waals surface area contributed by atoms with Crippen LogP contribution in [0.5, 0.6) is 0 Å². The van der Waals surface area contributed by atoms with Crippen LogP contribution in [0.1, 0.15) is 38.2 Å². The van der Waals surface area contributed by atoms with E-state index in [1.165, 1.54) is 6.07 Å². The summed E-state index contributed by atoms with van der Waals surface area (Å²) in [7, 11) is 1.74. The van der Waals surface area contributed by atoms with Gasteiger partial charge in [0.25, 0.3) is 0 Å². The maximum Gasteiger partial charge on any atom is 0.141 e. The van der Waals surface area contributed by atoms with Crippen molar-refractivity contribution in [1.29, 1.82) is 0 Å². The lowest BCUT2D eigenvalue weighted by atomic mass is 9.74. The molecule has 2 N–H and O–H groups in total. The van der Waals surface area contributed by atoms with Gasteiger partial charge in [0.05, 0.1) is 10.6 Å². The Hall–Kier alpha value is -0.640. The number of halogens is 2. The maximum atomic E-state index is 13.2. The summed E-state index contributed by atoms with van der Waals surface area (Å²) >= 11 is 5.82. The fourth-order valence-electron chi connectivity index (χ4n) is 3.08. The van der Waals surface area contributed by atoms with Crippen LogP contribution >= 0.6 is 11.6 Å². The number of ether oxygens (including phenoxy) is 1. The standard InChI is InChI=1S/C16H23ClFNO/c1-11-5-7-16(20-2,8-6-11)15(19)10-12-3-4-14(18)13(17)9-12/h3-4,9,11,15H,5-8,10,19H2,1-2H3. The SMILES string of the molecule is COC1(C(N)Cc2ccc(F)c(Cl)c2)CCC(C)CC1. The third-order valence-corrected chi connectivity index (χ3v) is 4.93. The Morgan fingerprint density at radius 2 is 2.10 bits per heavy atom. The van der Waals surface area contributed by atoms with E-state index in [1.54, 1.807) is 19.2 Å². The summed E-state index contributed by atoms with van der Waals surface area (Å²) in [5.41, 5.74) is 7.10. The molecule has 0 aromatic heterocycles. The monoisotopic (exact) mass is 299 g/mol. The first-order chi connectivity index (χ1) is 9.47. The number of hydrogen-bond donors (Lipinski definition) is 1. The summed E-state index contributed by atoms with van der Waals surface area (Å²) in [6.07, 6.45) is 4.92. The predicted octanol–water partition coefficient (Wildman–Crippen LogP) is 3.94. The highest BCUT2D eigenvalue weighted by Gasteiger charge is 2.39. The van der Waals surface area contributed by atoms with Crippen LogP contribution in [0.25, 0.3) is 0 Å². The molecule has 0 amide bonds. The van der Waals surface area contributed by atoms with Gasteiger partial charge in [-0.05, 0) is 55.7 Å². The van der Waals surface area contributed by atoms with Crippen LogP contribution in [-0.2, 0) is 11.2 Å². The molecule has 0 bridgehead atoms. The first-order valence-electron chi connectivity index (χ1n) is 7.21. The normalized spacial score (nSPS) is 28.4. The Bertz CT molecular complexity index is 458. The molecule has 112 valence electrons. The number of methoxy groups -OCH3 is 1. The predicted molar refractivity (Wildman–Crippen MR) is 80.5 cm³/mol. The molecule has 0 saturated heterocycles. The first kappa shape index (κ1) is 15.7. The summed E-state index contributed by atoms with van der Waals surface area (Å²) in [6.45, 7) is 2.27. The Morgan fingerprint density at radius 1 is 1.45 bits per heavy atom. The van der Waals surface area contributed by atoms with Crippen molar-refractivity contribution >= 4 is 11.6 Å². The van der Waals surface area contributed by atoms with E-state index in [9.17, 15) is 4.39 Å². The minimum atomic E-state index is -0.392. The highest BCUT2D eigenvalue weighted by Crippen LogP contribution is 2.37. The molecule has 1 unspecified atom stereocenters. The van der Waals surface area contributed by atoms with Crippen molar-refractivity contribution in [3.05, 3.63) is 34.6 Å². The Labute approximate surface area is 125 Å². The van der Waals surface area contributed by atoms with E-state index >= 15 is 0 Å². The van der Waals surface area contributed by atoms with Crippen molar-refractivity contribution in [2.24, 2.45) is 11.7 Å². The van der Waals surface area contributed by atoms with Crippen molar-refractivity contribution in [2.45, 2.75) is 50.7 Å². The Morgan fingerprint density at radius 3 is 2.65 bits per heavy atom. The van der Waals surface area contributed by atoms with Crippen molar-refractivity contribution in [3.8, 4) is 0 Å². The van der Waals surface area contributed by atoms with Gasteiger partial charge in [0, 0.05) is 13.2 Å². The van der Waals surface area contributed by atoms with Crippen LogP contribution in [0.4, 0.5) is 4.39 Å². The second-order valence-electron chi connectivity index (χ2n) is 6.01. The van der Waals surface area contributed by atoms with E-state index in [2.05, 4.69) is 6.92 Å². The molecule has 20 heavy (non-hydrogen) atoms. The lowest BCUT2D eigenvalue weighted by Crippen LogP contribution is -2.52. The summed E-state index contributed by atoms with van der Waals surface area (Å²) in [5.74, 6) is 0.350. The van der Waals surface area contributed by atoms with Gasteiger partial charge in [-0.25, -0.2) is 4.39 Å². The van der Waals surface area contributed by atoms with E-state index in [1.807, 2.05) is 0 Å². The van der Waals surface area contributed by atoms with Crippen LogP contribution < -0.4 is 5.73 Å². The molecule has 1 aliphatic rings. The highest BCUT2D eigenvalue weighted by molar-refractivity contribution is 6.30. The lowest BCUT2D eigenvalue weighted by Gasteiger charge is -2.42. The quantitative estimate of drug-likeness (QED) is 0.914. The van der Waals surface area contributed by atoms with Gasteiger partial charge in [-0.2, -0.15) is 0 Å². The largest absolute Gasteiger partial charge is 0.377 e. The molecule has 0 heterocycles. The summed E-state index contributed by atoms with van der Waals surface area (Å²) in [4.78, 5) is 0. The van der Waals surface area contributed by atoms with E-state index in [-0.39, 0.29) is 16.7 Å². The molecule has 1 fully saturated rings. The van der Waals surface area contributed by atoms with E-state index in [0.29, 0.717) is 6.42 Å². The second kappa shape index (κ2) is 6.42. The van der Waals surface area contributed by atoms with Gasteiger partial charge in [-0.3, -0.25) is 0 Å². The third-order valence-electron chi connectivity index (χ3n) is 4.64. The van der Waals surface area contributed by atoms with Gasteiger partial charge >= 0.3 is 0 Å². The maximum absolute atomic E-state index is 13.2. The molecule has 0 spiro atoms. The molecule has 1 aliphatic carbocycles. The van der Waals surface area contributed by atoms with Crippen LogP contribution in [0.15, 0.2) is 18.2 Å². The lowest BCUT2D eigenvalue weighted by molar-refractivity contribution is -0.0659. The average Bonchev–Trinajstić information content (AvgIpc) is 2.44. The summed E-state index contributed by atoms with van der Waals surface area (Å²) in [5, 5.41) is 0.151. The Balaban J connectivity index is 2.09. The zero-order valence-electron chi connectivity index (χ0n) is 12.2. The van der Waals surface area contributed by atoms with E-state index in [0.717, 1.165) is 37.2 Å². The molecular formula is C16H23ClFNO. The van der Waals surface area contributed by atoms with Gasteiger partial charge in [0.15, 0.2) is 0 Å². The Kier molecular flexibility index (Phi) is 5.05. The molecule has 0 radical (unpaired) electrons. The minimum Gasteiger partial charge on any atom is -0.377 e. The number of rotatable bonds is 4. The fourth-order valence-corrected chi connectivity index (χ4v) is 3.29. The molecule has 0 aliphatic heterocycles. The van der Waals surface area contributed by atoms with Crippen molar-refractivity contribution in [3.63, 3.8) is 0 Å². The zero-order chi connectivity index (χ0) is 14.8. The van der Waals surface area contributed by atoms with E-state index < -0.39 is 5.82 Å². The van der Waals surface area contributed by atoms with Crippen LogP contribution in [0.3, 0.4) is 0 Å². The average molecular weight is 300 g/mol. The zero-order valence-corrected chi connectivity index (χ0v) is 12.9. The second-order valence-corrected chi connectivity index (χ2v) is 6.42. The molecule has 1 aromatic carbocycles. The van der Waals surface area contributed by atoms with Gasteiger partial charge < -0.3 is 10.5 Å². The van der Waals surface area contributed by atoms with Gasteiger partial charge in [0.1, 0.15) is 5.82 Å². The molecule has 4 heteroatoms. The molecule has 1 saturated carbocycles. The van der Waals surface area contributed by atoms with Crippen molar-refractivity contribution in [1.82, 2.24) is 0 Å². The van der Waals surface area contributed by atoms with Crippen LogP contribution in [0, 0.1) is 11.7 Å². The number of hydrogen-bond acceptors (Lipinski definition) is 2. The van der Waals surface area contributed by atoms with Crippen molar-refractivity contribution < 1.29 is 9.13 Å². The molecule has 2 nitrogen and oxygen atoms in total. The topological polar surface area (TPSA) is 35.2 Å². The van der Waals surface area contributed by atoms with E-state index in [4.69, 9.17) is 22.1 Å². The molecule has 1 atom stereocenters. The van der Waals surface area contributed by atoms with Crippen LogP contribution in [-0.4, -0.2) is 18.8 Å². The minimum absolute atomic E-state index is 0.0958. The van der Waals surface area contributed by atoms with Gasteiger partial charge in [0.2, 0.25) is 0 Å². The first-order valence-corrected chi connectivity index (χ1v) is 7.59. The van der Waals surface area contributed by atoms with Gasteiger partial charge in [-0.15, -0.1) is 0 Å². The number of benzene rings is 1. The van der Waals surface area contributed by atoms with Crippen LogP contribution in [0.2, 0.25) is 5.02 Å².